The molecule has 0 amide bonds. The quantitative estimate of drug-likeness (QED) is 0.200. The van der Waals surface area contributed by atoms with Gasteiger partial charge in [-0.1, -0.05) is 69.2 Å². The first kappa shape index (κ1) is 26.9. The molecule has 0 saturated carbocycles. The molecule has 0 saturated heterocycles. The number of rotatable bonds is 8. The van der Waals surface area contributed by atoms with Gasteiger partial charge in [-0.15, -0.1) is 0 Å². The van der Waals surface area contributed by atoms with Gasteiger partial charge in [-0.3, -0.25) is 0 Å². The van der Waals surface area contributed by atoms with E-state index in [4.69, 9.17) is 4.74 Å². The van der Waals surface area contributed by atoms with Gasteiger partial charge in [-0.2, -0.15) is 4.39 Å². The molecule has 0 heterocycles. The number of unbranched alkanes of at least 4 members (excludes halogenated alkanes) is 1. The topological polar surface area (TPSA) is 26.3 Å². The molecule has 2 aromatic carbocycles. The molecule has 0 spiro atoms. The molecular formula is C31H32F4O2. The van der Waals surface area contributed by atoms with Crippen LogP contribution in [0.1, 0.15) is 57.9 Å². The number of allylic oxidation sites excluding steroid dienone is 4. The van der Waals surface area contributed by atoms with Gasteiger partial charge >= 0.3 is 5.97 Å². The van der Waals surface area contributed by atoms with Crippen LogP contribution in [-0.4, -0.2) is 5.97 Å². The highest BCUT2D eigenvalue weighted by molar-refractivity contribution is 5.93. The predicted molar refractivity (Wildman–Crippen MR) is 137 cm³/mol. The van der Waals surface area contributed by atoms with E-state index in [0.717, 1.165) is 24.8 Å². The van der Waals surface area contributed by atoms with Crippen LogP contribution in [0.25, 0.3) is 11.1 Å². The molecule has 196 valence electrons. The Kier molecular flexibility index (Phi) is 8.67. The summed E-state index contributed by atoms with van der Waals surface area (Å²) in [5.74, 6) is -6.17. The molecule has 0 bridgehead atoms. The van der Waals surface area contributed by atoms with E-state index in [2.05, 4.69) is 0 Å². The van der Waals surface area contributed by atoms with Crippen LogP contribution in [-0.2, 0) is 11.2 Å². The number of halogens is 4. The standard InChI is InChI=1S/C31H32F4O2/c1-3-5-6-22-15-16-24(28(33)27(22)32)21-11-13-23(14-12-21)31(36)37-26-18-17-25(29(34)30(26)35)20-9-7-19(4-2)8-10-20/h7-11,13-14,17-18,21-22,24H,3-6,12,15-16H2,1-2H3. The number of benzene rings is 2. The minimum Gasteiger partial charge on any atom is -0.420 e. The second-order valence-corrected chi connectivity index (χ2v) is 9.82. The number of aryl methyl sites for hydroxylation is 1. The maximum Gasteiger partial charge on any atom is 0.343 e. The number of carbonyl (C=O) groups is 1. The second kappa shape index (κ2) is 11.9. The molecule has 2 aliphatic carbocycles. The summed E-state index contributed by atoms with van der Waals surface area (Å²) in [5.41, 5.74) is 1.84. The van der Waals surface area contributed by atoms with Crippen LogP contribution in [0.5, 0.6) is 5.75 Å². The minimum absolute atomic E-state index is 0.0753. The zero-order chi connectivity index (χ0) is 26.5. The maximum atomic E-state index is 14.8. The van der Waals surface area contributed by atoms with Gasteiger partial charge in [0.1, 0.15) is 11.7 Å². The summed E-state index contributed by atoms with van der Waals surface area (Å²) in [7, 11) is 0. The third kappa shape index (κ3) is 5.89. The zero-order valence-corrected chi connectivity index (χ0v) is 21.2. The fourth-order valence-corrected chi connectivity index (χ4v) is 5.13. The molecule has 0 aliphatic heterocycles. The van der Waals surface area contributed by atoms with E-state index in [-0.39, 0.29) is 23.0 Å². The van der Waals surface area contributed by atoms with Crippen molar-refractivity contribution in [3.63, 3.8) is 0 Å². The smallest absolute Gasteiger partial charge is 0.343 e. The Morgan fingerprint density at radius 1 is 0.946 bits per heavy atom. The number of hydrogen-bond acceptors (Lipinski definition) is 2. The average molecular weight is 513 g/mol. The summed E-state index contributed by atoms with van der Waals surface area (Å²) >= 11 is 0. The van der Waals surface area contributed by atoms with Gasteiger partial charge in [0.15, 0.2) is 11.6 Å². The van der Waals surface area contributed by atoms with Crippen molar-refractivity contribution in [2.75, 3.05) is 0 Å². The number of esters is 1. The third-order valence-electron chi connectivity index (χ3n) is 7.45. The van der Waals surface area contributed by atoms with Gasteiger partial charge in [0.2, 0.25) is 5.82 Å². The van der Waals surface area contributed by atoms with Crippen molar-refractivity contribution in [2.45, 2.75) is 58.8 Å². The Labute approximate surface area is 215 Å². The van der Waals surface area contributed by atoms with Crippen LogP contribution in [0.2, 0.25) is 0 Å². The monoisotopic (exact) mass is 512 g/mol. The lowest BCUT2D eigenvalue weighted by molar-refractivity contribution is -0.130. The van der Waals surface area contributed by atoms with E-state index >= 15 is 0 Å². The molecule has 0 aromatic heterocycles. The summed E-state index contributed by atoms with van der Waals surface area (Å²) in [6.45, 7) is 4.03. The molecule has 0 fully saturated rings. The van der Waals surface area contributed by atoms with E-state index in [0.29, 0.717) is 31.2 Å². The fraction of sp³-hybridized carbons (Fsp3) is 0.387. The Hall–Kier alpha value is -3.15. The molecule has 2 aliphatic rings. The Balaban J connectivity index is 1.41. The van der Waals surface area contributed by atoms with Crippen molar-refractivity contribution < 1.29 is 27.1 Å². The van der Waals surface area contributed by atoms with Crippen molar-refractivity contribution >= 4 is 5.97 Å². The first-order chi connectivity index (χ1) is 17.8. The average Bonchev–Trinajstić information content (AvgIpc) is 2.92. The molecular weight excluding hydrogens is 480 g/mol. The zero-order valence-electron chi connectivity index (χ0n) is 21.2. The van der Waals surface area contributed by atoms with E-state index in [1.807, 2.05) is 26.0 Å². The van der Waals surface area contributed by atoms with Gasteiger partial charge in [0.05, 0.1) is 5.57 Å². The van der Waals surface area contributed by atoms with Crippen LogP contribution in [0.4, 0.5) is 17.6 Å². The Bertz CT molecular complexity index is 1230. The van der Waals surface area contributed by atoms with Crippen molar-refractivity contribution in [2.24, 2.45) is 17.8 Å². The highest BCUT2D eigenvalue weighted by Crippen LogP contribution is 2.43. The predicted octanol–water partition coefficient (Wildman–Crippen LogP) is 8.97. The summed E-state index contributed by atoms with van der Waals surface area (Å²) in [4.78, 5) is 12.6. The van der Waals surface area contributed by atoms with Crippen molar-refractivity contribution in [3.8, 4) is 16.9 Å². The summed E-state index contributed by atoms with van der Waals surface area (Å²) in [5, 5.41) is 0. The first-order valence-electron chi connectivity index (χ1n) is 13.1. The van der Waals surface area contributed by atoms with Crippen LogP contribution in [0.15, 0.2) is 71.9 Å². The summed E-state index contributed by atoms with van der Waals surface area (Å²) in [6, 6.07) is 9.75. The SMILES string of the molecule is CCCCC1CCC(C2C=CC(C(=O)Oc3ccc(-c4ccc(CC)cc4)c(F)c3F)=CC2)C(F)=C1F. The van der Waals surface area contributed by atoms with E-state index in [1.165, 1.54) is 18.2 Å². The largest absolute Gasteiger partial charge is 0.420 e. The van der Waals surface area contributed by atoms with Crippen LogP contribution in [0, 0.1) is 29.4 Å². The van der Waals surface area contributed by atoms with Gasteiger partial charge in [0.25, 0.3) is 0 Å². The summed E-state index contributed by atoms with van der Waals surface area (Å²) in [6.07, 6.45) is 9.54. The minimum atomic E-state index is -1.24. The van der Waals surface area contributed by atoms with Gasteiger partial charge < -0.3 is 4.74 Å². The van der Waals surface area contributed by atoms with Crippen molar-refractivity contribution in [1.29, 1.82) is 0 Å². The molecule has 6 heteroatoms. The Morgan fingerprint density at radius 3 is 2.35 bits per heavy atom. The number of hydrogen-bond donors (Lipinski definition) is 0. The molecule has 37 heavy (non-hydrogen) atoms. The normalized spacial score (nSPS) is 21.7. The number of ether oxygens (including phenoxy) is 1. The highest BCUT2D eigenvalue weighted by Gasteiger charge is 2.35. The van der Waals surface area contributed by atoms with Crippen LogP contribution in [0.3, 0.4) is 0 Å². The maximum absolute atomic E-state index is 14.8. The highest BCUT2D eigenvalue weighted by atomic mass is 19.2. The van der Waals surface area contributed by atoms with E-state index in [1.54, 1.807) is 24.3 Å². The molecule has 3 unspecified atom stereocenters. The molecule has 2 nitrogen and oxygen atoms in total. The third-order valence-corrected chi connectivity index (χ3v) is 7.45. The van der Waals surface area contributed by atoms with Gasteiger partial charge in [-0.05, 0) is 61.3 Å². The molecule has 3 atom stereocenters. The second-order valence-electron chi connectivity index (χ2n) is 9.82. The molecule has 0 N–H and O–H groups in total. The molecule has 2 aromatic rings. The van der Waals surface area contributed by atoms with E-state index < -0.39 is 40.9 Å². The Morgan fingerprint density at radius 2 is 1.70 bits per heavy atom. The lowest BCUT2D eigenvalue weighted by atomic mass is 9.75. The lowest BCUT2D eigenvalue weighted by Gasteiger charge is -2.31. The fourth-order valence-electron chi connectivity index (χ4n) is 5.13. The van der Waals surface area contributed by atoms with Crippen molar-refractivity contribution in [3.05, 3.63) is 89.1 Å². The van der Waals surface area contributed by atoms with Crippen molar-refractivity contribution in [1.82, 2.24) is 0 Å². The van der Waals surface area contributed by atoms with Crippen LogP contribution < -0.4 is 4.74 Å². The van der Waals surface area contributed by atoms with Crippen LogP contribution >= 0.6 is 0 Å². The van der Waals surface area contributed by atoms with E-state index in [9.17, 15) is 22.4 Å². The van der Waals surface area contributed by atoms with Gasteiger partial charge in [0, 0.05) is 17.4 Å². The molecule has 4 rings (SSSR count). The first-order valence-corrected chi connectivity index (χ1v) is 13.1. The van der Waals surface area contributed by atoms with Gasteiger partial charge in [-0.25, -0.2) is 18.0 Å². The summed E-state index contributed by atoms with van der Waals surface area (Å²) < 4.78 is 64.1. The molecule has 0 radical (unpaired) electrons. The lowest BCUT2D eigenvalue weighted by Crippen LogP contribution is -2.23. The number of carbonyl (C=O) groups excluding carboxylic acids is 1.